The third-order valence-electron chi connectivity index (χ3n) is 4.71. The predicted molar refractivity (Wildman–Crippen MR) is 102 cm³/mol. The van der Waals surface area contributed by atoms with Gasteiger partial charge in [-0.2, -0.15) is 0 Å². The molecule has 1 aromatic rings. The summed E-state index contributed by atoms with van der Waals surface area (Å²) in [4.78, 5) is 23.3. The largest absolute Gasteiger partial charge is 0.330 e. The van der Waals surface area contributed by atoms with Crippen LogP contribution >= 0.6 is 0 Å². The van der Waals surface area contributed by atoms with Crippen LogP contribution in [-0.4, -0.2) is 11.8 Å². The highest BCUT2D eigenvalue weighted by atomic mass is 16.2. The van der Waals surface area contributed by atoms with E-state index < -0.39 is 0 Å². The summed E-state index contributed by atoms with van der Waals surface area (Å²) in [5.41, 5.74) is 4.02. The van der Waals surface area contributed by atoms with Crippen LogP contribution in [0, 0.1) is 5.41 Å². The van der Waals surface area contributed by atoms with E-state index in [9.17, 15) is 9.59 Å². The van der Waals surface area contributed by atoms with Crippen molar-refractivity contribution in [2.45, 2.75) is 53.4 Å². The maximum Gasteiger partial charge on any atom is 0.230 e. The third-order valence-corrected chi connectivity index (χ3v) is 4.71. The number of nitrogens with one attached hydrogen (secondary N) is 2. The Hall–Kier alpha value is -2.36. The van der Waals surface area contributed by atoms with Crippen LogP contribution in [0.2, 0.25) is 0 Å². The number of amides is 2. The summed E-state index contributed by atoms with van der Waals surface area (Å²) in [5, 5.41) is 5.83. The molecule has 0 fully saturated rings. The molecule has 2 N–H and O–H groups in total. The summed E-state index contributed by atoms with van der Waals surface area (Å²) < 4.78 is 0. The van der Waals surface area contributed by atoms with Gasteiger partial charge in [0.1, 0.15) is 0 Å². The van der Waals surface area contributed by atoms with Gasteiger partial charge in [-0.3, -0.25) is 9.59 Å². The van der Waals surface area contributed by atoms with Crippen molar-refractivity contribution in [3.63, 3.8) is 0 Å². The topological polar surface area (TPSA) is 58.2 Å². The number of allylic oxidation sites excluding steroid dienone is 4. The fourth-order valence-corrected chi connectivity index (χ4v) is 2.59. The van der Waals surface area contributed by atoms with Crippen LogP contribution in [0.15, 0.2) is 47.7 Å². The molecule has 0 unspecified atom stereocenters. The Balaban J connectivity index is 1.95. The fraction of sp³-hybridized carbons (Fsp3) is 0.429. The smallest absolute Gasteiger partial charge is 0.230 e. The van der Waals surface area contributed by atoms with Gasteiger partial charge in [-0.1, -0.05) is 44.6 Å². The second-order valence-corrected chi connectivity index (χ2v) is 7.26. The zero-order valence-corrected chi connectivity index (χ0v) is 15.6. The van der Waals surface area contributed by atoms with E-state index in [4.69, 9.17) is 0 Å². The van der Waals surface area contributed by atoms with Gasteiger partial charge in [-0.25, -0.2) is 0 Å². The van der Waals surface area contributed by atoms with E-state index in [1.165, 1.54) is 18.1 Å². The monoisotopic (exact) mass is 340 g/mol. The van der Waals surface area contributed by atoms with Gasteiger partial charge in [0.15, 0.2) is 0 Å². The van der Waals surface area contributed by atoms with Crippen LogP contribution in [0.3, 0.4) is 0 Å². The summed E-state index contributed by atoms with van der Waals surface area (Å²) in [6.45, 7) is 7.46. The van der Waals surface area contributed by atoms with Gasteiger partial charge in [0, 0.05) is 23.7 Å². The van der Waals surface area contributed by atoms with Crippen molar-refractivity contribution in [2.24, 2.45) is 5.41 Å². The first-order valence-electron chi connectivity index (χ1n) is 8.87. The molecule has 134 valence electrons. The van der Waals surface area contributed by atoms with Gasteiger partial charge in [0.05, 0.1) is 0 Å². The SMILES string of the molecule is CCC(C)(C)C(=O)Nc1ccc(CC2=CC=C(NC(C)=O)CC2)cc1. The van der Waals surface area contributed by atoms with Gasteiger partial charge >= 0.3 is 0 Å². The fourth-order valence-electron chi connectivity index (χ4n) is 2.59. The van der Waals surface area contributed by atoms with Crippen LogP contribution in [0.25, 0.3) is 0 Å². The summed E-state index contributed by atoms with van der Waals surface area (Å²) in [7, 11) is 0. The molecule has 0 aromatic heterocycles. The average Bonchev–Trinajstić information content (AvgIpc) is 2.58. The van der Waals surface area contributed by atoms with Crippen LogP contribution in [-0.2, 0) is 16.0 Å². The molecule has 2 rings (SSSR count). The Morgan fingerprint density at radius 3 is 2.24 bits per heavy atom. The highest BCUT2D eigenvalue weighted by Crippen LogP contribution is 2.24. The highest BCUT2D eigenvalue weighted by Gasteiger charge is 2.25. The zero-order chi connectivity index (χ0) is 18.4. The molecule has 0 saturated carbocycles. The van der Waals surface area contributed by atoms with Crippen molar-refractivity contribution < 1.29 is 9.59 Å². The van der Waals surface area contributed by atoms with Crippen molar-refractivity contribution in [3.8, 4) is 0 Å². The predicted octanol–water partition coefficient (Wildman–Crippen LogP) is 4.34. The molecule has 0 heterocycles. The van der Waals surface area contributed by atoms with Crippen molar-refractivity contribution >= 4 is 17.5 Å². The van der Waals surface area contributed by atoms with E-state index in [1.54, 1.807) is 0 Å². The standard InChI is InChI=1S/C21H28N2O2/c1-5-21(3,4)20(25)23-19-12-8-17(9-13-19)14-16-6-10-18(11-7-16)22-15(2)24/h6,8-10,12-13H,5,7,11,14H2,1-4H3,(H,22,24)(H,23,25). The summed E-state index contributed by atoms with van der Waals surface area (Å²) >= 11 is 0. The van der Waals surface area contributed by atoms with Gasteiger partial charge in [-0.15, -0.1) is 0 Å². The first-order valence-corrected chi connectivity index (χ1v) is 8.87. The van der Waals surface area contributed by atoms with Crippen LogP contribution < -0.4 is 10.6 Å². The minimum atomic E-state index is -0.358. The second-order valence-electron chi connectivity index (χ2n) is 7.26. The molecular formula is C21H28N2O2. The molecule has 0 bridgehead atoms. The molecule has 4 nitrogen and oxygen atoms in total. The Kier molecular flexibility index (Phi) is 6.18. The molecule has 1 aromatic carbocycles. The Bertz CT molecular complexity index is 697. The molecule has 0 spiro atoms. The zero-order valence-electron chi connectivity index (χ0n) is 15.6. The lowest BCUT2D eigenvalue weighted by Crippen LogP contribution is -2.29. The molecule has 0 saturated heterocycles. The van der Waals surface area contributed by atoms with E-state index in [2.05, 4.69) is 28.8 Å². The quantitative estimate of drug-likeness (QED) is 0.809. The van der Waals surface area contributed by atoms with E-state index in [0.717, 1.165) is 37.1 Å². The Morgan fingerprint density at radius 1 is 1.04 bits per heavy atom. The minimum absolute atomic E-state index is 0.0213. The maximum atomic E-state index is 12.2. The van der Waals surface area contributed by atoms with Crippen LogP contribution in [0.5, 0.6) is 0 Å². The van der Waals surface area contributed by atoms with Crippen LogP contribution in [0.1, 0.15) is 52.5 Å². The molecular weight excluding hydrogens is 312 g/mol. The summed E-state index contributed by atoms with van der Waals surface area (Å²) in [6, 6.07) is 8.03. The molecule has 25 heavy (non-hydrogen) atoms. The lowest BCUT2D eigenvalue weighted by Gasteiger charge is -2.21. The van der Waals surface area contributed by atoms with Crippen molar-refractivity contribution in [2.75, 3.05) is 5.32 Å². The number of hydrogen-bond acceptors (Lipinski definition) is 2. The lowest BCUT2D eigenvalue weighted by atomic mass is 9.89. The minimum Gasteiger partial charge on any atom is -0.330 e. The van der Waals surface area contributed by atoms with Gasteiger partial charge in [0.25, 0.3) is 0 Å². The van der Waals surface area contributed by atoms with E-state index in [-0.39, 0.29) is 17.2 Å². The molecule has 2 amide bonds. The van der Waals surface area contributed by atoms with Gasteiger partial charge < -0.3 is 10.6 Å². The van der Waals surface area contributed by atoms with E-state index >= 15 is 0 Å². The second kappa shape index (κ2) is 8.15. The number of rotatable bonds is 6. The van der Waals surface area contributed by atoms with Crippen LogP contribution in [0.4, 0.5) is 5.69 Å². The Morgan fingerprint density at radius 2 is 1.72 bits per heavy atom. The maximum absolute atomic E-state index is 12.2. The molecule has 4 heteroatoms. The van der Waals surface area contributed by atoms with E-state index in [0.29, 0.717) is 0 Å². The third kappa shape index (κ3) is 5.59. The normalized spacial score (nSPS) is 14.4. The van der Waals surface area contributed by atoms with E-state index in [1.807, 2.05) is 39.0 Å². The van der Waals surface area contributed by atoms with Crippen molar-refractivity contribution in [1.29, 1.82) is 0 Å². The molecule has 1 aliphatic rings. The number of carbonyl (C=O) groups is 2. The van der Waals surface area contributed by atoms with Gasteiger partial charge in [0.2, 0.25) is 11.8 Å². The van der Waals surface area contributed by atoms with Crippen molar-refractivity contribution in [3.05, 3.63) is 53.3 Å². The lowest BCUT2D eigenvalue weighted by molar-refractivity contribution is -0.124. The first kappa shape index (κ1) is 19.0. The highest BCUT2D eigenvalue weighted by molar-refractivity contribution is 5.94. The number of hydrogen-bond donors (Lipinski definition) is 2. The van der Waals surface area contributed by atoms with Crippen molar-refractivity contribution in [1.82, 2.24) is 5.32 Å². The average molecular weight is 340 g/mol. The molecule has 0 aliphatic heterocycles. The number of benzene rings is 1. The Labute approximate surface area is 150 Å². The number of carbonyl (C=O) groups excluding carboxylic acids is 2. The van der Waals surface area contributed by atoms with Gasteiger partial charge in [-0.05, 0) is 49.5 Å². The molecule has 0 radical (unpaired) electrons. The first-order chi connectivity index (χ1) is 11.8. The number of anilines is 1. The summed E-state index contributed by atoms with van der Waals surface area (Å²) in [5.74, 6) is 0.0281. The molecule has 1 aliphatic carbocycles. The molecule has 0 atom stereocenters. The summed E-state index contributed by atoms with van der Waals surface area (Å²) in [6.07, 6.45) is 7.59.